The molecule has 82 valence electrons. The summed E-state index contributed by atoms with van der Waals surface area (Å²) in [6, 6.07) is 0.542. The maximum absolute atomic E-state index is 11.8. The van der Waals surface area contributed by atoms with Gasteiger partial charge in [-0.2, -0.15) is 0 Å². The Balaban J connectivity index is 2.36. The lowest BCUT2D eigenvalue weighted by atomic mass is 10.2. The summed E-state index contributed by atoms with van der Waals surface area (Å²) in [5.74, 6) is 1.45. The fourth-order valence-electron chi connectivity index (χ4n) is 1.60. The van der Waals surface area contributed by atoms with Crippen molar-refractivity contribution in [1.29, 1.82) is 0 Å². The average molecular weight is 218 g/mol. The van der Waals surface area contributed by atoms with Crippen LogP contribution >= 0.6 is 11.6 Å². The first kappa shape index (κ1) is 11.8. The van der Waals surface area contributed by atoms with Gasteiger partial charge in [-0.3, -0.25) is 4.79 Å². The van der Waals surface area contributed by atoms with Crippen molar-refractivity contribution < 1.29 is 4.79 Å². The van der Waals surface area contributed by atoms with Gasteiger partial charge in [-0.25, -0.2) is 0 Å². The third-order valence-corrected chi connectivity index (χ3v) is 2.66. The maximum Gasteiger partial charge on any atom is 0.222 e. The quantitative estimate of drug-likeness (QED) is 0.627. The van der Waals surface area contributed by atoms with Crippen molar-refractivity contribution in [1.82, 2.24) is 4.90 Å². The Labute approximate surface area is 91.6 Å². The van der Waals surface area contributed by atoms with E-state index in [9.17, 15) is 4.79 Å². The molecule has 0 aromatic rings. The van der Waals surface area contributed by atoms with Crippen molar-refractivity contribution in [3.8, 4) is 0 Å². The molecule has 1 fully saturated rings. The summed E-state index contributed by atoms with van der Waals surface area (Å²) in [5, 5.41) is 0. The molecule has 1 rings (SSSR count). The number of rotatable bonds is 6. The van der Waals surface area contributed by atoms with Gasteiger partial charge in [-0.05, 0) is 25.2 Å². The Morgan fingerprint density at radius 2 is 2.14 bits per heavy atom. The van der Waals surface area contributed by atoms with E-state index in [2.05, 4.69) is 18.7 Å². The molecule has 0 unspecified atom stereocenters. The van der Waals surface area contributed by atoms with Gasteiger partial charge in [0.05, 0.1) is 0 Å². The number of halogens is 1. The first-order valence-electron chi connectivity index (χ1n) is 5.50. The molecule has 1 aliphatic rings. The number of alkyl halides is 1. The smallest absolute Gasteiger partial charge is 0.222 e. The van der Waals surface area contributed by atoms with Gasteiger partial charge in [0.25, 0.3) is 0 Å². The van der Waals surface area contributed by atoms with Crippen LogP contribution in [0.4, 0.5) is 0 Å². The van der Waals surface area contributed by atoms with Gasteiger partial charge in [-0.1, -0.05) is 13.8 Å². The molecule has 0 aliphatic heterocycles. The summed E-state index contributed by atoms with van der Waals surface area (Å²) in [4.78, 5) is 13.8. The highest BCUT2D eigenvalue weighted by molar-refractivity contribution is 6.17. The second-order valence-corrected chi connectivity index (χ2v) is 4.84. The summed E-state index contributed by atoms with van der Waals surface area (Å²) in [5.41, 5.74) is 0. The van der Waals surface area contributed by atoms with Crippen LogP contribution in [-0.2, 0) is 4.79 Å². The van der Waals surface area contributed by atoms with Gasteiger partial charge in [0.15, 0.2) is 0 Å². The second kappa shape index (κ2) is 5.59. The monoisotopic (exact) mass is 217 g/mol. The van der Waals surface area contributed by atoms with Crippen molar-refractivity contribution in [3.63, 3.8) is 0 Å². The zero-order valence-electron chi connectivity index (χ0n) is 9.13. The van der Waals surface area contributed by atoms with Gasteiger partial charge in [0, 0.05) is 24.9 Å². The van der Waals surface area contributed by atoms with Gasteiger partial charge in [0.2, 0.25) is 5.91 Å². The molecule has 0 bridgehead atoms. The molecule has 0 radical (unpaired) electrons. The normalized spacial score (nSPS) is 16.0. The highest BCUT2D eigenvalue weighted by atomic mass is 35.5. The Kier molecular flexibility index (Phi) is 4.73. The average Bonchev–Trinajstić information content (AvgIpc) is 2.93. The molecule has 1 amide bonds. The Morgan fingerprint density at radius 1 is 1.50 bits per heavy atom. The van der Waals surface area contributed by atoms with Crippen LogP contribution in [0.2, 0.25) is 0 Å². The van der Waals surface area contributed by atoms with Crippen LogP contribution in [-0.4, -0.2) is 29.3 Å². The molecule has 3 heteroatoms. The summed E-state index contributed by atoms with van der Waals surface area (Å²) < 4.78 is 0. The van der Waals surface area contributed by atoms with Crippen LogP contribution in [0.1, 0.15) is 39.5 Å². The Hall–Kier alpha value is -0.240. The highest BCUT2D eigenvalue weighted by Crippen LogP contribution is 2.28. The molecule has 0 heterocycles. The molecule has 0 spiro atoms. The molecular formula is C11H20ClNO. The van der Waals surface area contributed by atoms with Gasteiger partial charge in [-0.15, -0.1) is 11.6 Å². The van der Waals surface area contributed by atoms with E-state index in [-0.39, 0.29) is 0 Å². The predicted molar refractivity (Wildman–Crippen MR) is 59.5 cm³/mol. The van der Waals surface area contributed by atoms with Gasteiger partial charge in [0.1, 0.15) is 0 Å². The van der Waals surface area contributed by atoms with Gasteiger partial charge < -0.3 is 4.90 Å². The molecule has 14 heavy (non-hydrogen) atoms. The SMILES string of the molecule is CC(C)CN(C(=O)CCCCl)C1CC1. The van der Waals surface area contributed by atoms with E-state index in [1.807, 2.05) is 0 Å². The lowest BCUT2D eigenvalue weighted by Crippen LogP contribution is -2.35. The Morgan fingerprint density at radius 3 is 2.57 bits per heavy atom. The molecule has 0 saturated heterocycles. The van der Waals surface area contributed by atoms with E-state index in [4.69, 9.17) is 11.6 Å². The van der Waals surface area contributed by atoms with Crippen molar-refractivity contribution in [3.05, 3.63) is 0 Å². The fraction of sp³-hybridized carbons (Fsp3) is 0.909. The molecule has 1 aliphatic carbocycles. The Bertz CT molecular complexity index is 190. The number of amides is 1. The third kappa shape index (κ3) is 3.87. The number of hydrogen-bond acceptors (Lipinski definition) is 1. The second-order valence-electron chi connectivity index (χ2n) is 4.46. The fourth-order valence-corrected chi connectivity index (χ4v) is 1.73. The van der Waals surface area contributed by atoms with E-state index in [1.165, 1.54) is 12.8 Å². The molecular weight excluding hydrogens is 198 g/mol. The van der Waals surface area contributed by atoms with E-state index < -0.39 is 0 Å². The maximum atomic E-state index is 11.8. The highest BCUT2D eigenvalue weighted by Gasteiger charge is 2.32. The number of carbonyl (C=O) groups excluding carboxylic acids is 1. The standard InChI is InChI=1S/C11H20ClNO/c1-9(2)8-13(10-5-6-10)11(14)4-3-7-12/h9-10H,3-8H2,1-2H3. The minimum atomic E-state index is 0.293. The zero-order valence-corrected chi connectivity index (χ0v) is 9.89. The van der Waals surface area contributed by atoms with Gasteiger partial charge >= 0.3 is 0 Å². The topological polar surface area (TPSA) is 20.3 Å². The molecule has 1 saturated carbocycles. The molecule has 0 atom stereocenters. The number of hydrogen-bond donors (Lipinski definition) is 0. The van der Waals surface area contributed by atoms with Crippen LogP contribution in [0.25, 0.3) is 0 Å². The lowest BCUT2D eigenvalue weighted by Gasteiger charge is -2.24. The predicted octanol–water partition coefficient (Wildman–Crippen LogP) is 2.65. The zero-order chi connectivity index (χ0) is 10.6. The van der Waals surface area contributed by atoms with E-state index >= 15 is 0 Å². The summed E-state index contributed by atoms with van der Waals surface area (Å²) in [6.07, 6.45) is 3.81. The summed E-state index contributed by atoms with van der Waals surface area (Å²) in [7, 11) is 0. The van der Waals surface area contributed by atoms with Crippen molar-refractivity contribution in [2.75, 3.05) is 12.4 Å². The lowest BCUT2D eigenvalue weighted by molar-refractivity contribution is -0.132. The number of nitrogens with zero attached hydrogens (tertiary/aromatic N) is 1. The first-order valence-corrected chi connectivity index (χ1v) is 6.04. The van der Waals surface area contributed by atoms with Crippen LogP contribution < -0.4 is 0 Å². The van der Waals surface area contributed by atoms with Crippen molar-refractivity contribution in [2.24, 2.45) is 5.92 Å². The van der Waals surface area contributed by atoms with E-state index in [0.29, 0.717) is 30.2 Å². The van der Waals surface area contributed by atoms with Crippen LogP contribution in [0.3, 0.4) is 0 Å². The molecule has 2 nitrogen and oxygen atoms in total. The van der Waals surface area contributed by atoms with Crippen LogP contribution in [0, 0.1) is 5.92 Å². The van der Waals surface area contributed by atoms with Crippen LogP contribution in [0.5, 0.6) is 0 Å². The minimum absolute atomic E-state index is 0.293. The first-order chi connectivity index (χ1) is 6.65. The largest absolute Gasteiger partial charge is 0.339 e. The van der Waals surface area contributed by atoms with E-state index in [1.54, 1.807) is 0 Å². The molecule has 0 N–H and O–H groups in total. The van der Waals surface area contributed by atoms with Crippen LogP contribution in [0.15, 0.2) is 0 Å². The molecule has 0 aromatic heterocycles. The van der Waals surface area contributed by atoms with Crippen molar-refractivity contribution >= 4 is 17.5 Å². The summed E-state index contributed by atoms with van der Waals surface area (Å²) >= 11 is 5.58. The van der Waals surface area contributed by atoms with E-state index in [0.717, 1.165) is 13.0 Å². The van der Waals surface area contributed by atoms with Crippen molar-refractivity contribution in [2.45, 2.75) is 45.6 Å². The number of carbonyl (C=O) groups is 1. The third-order valence-electron chi connectivity index (χ3n) is 2.39. The summed E-state index contributed by atoms with van der Waals surface area (Å²) in [6.45, 7) is 5.22. The minimum Gasteiger partial charge on any atom is -0.339 e. The molecule has 0 aromatic carbocycles.